The lowest BCUT2D eigenvalue weighted by Crippen LogP contribution is -2.50. The van der Waals surface area contributed by atoms with Crippen LogP contribution in [-0.2, 0) is 21.5 Å². The minimum atomic E-state index is -0.588. The van der Waals surface area contributed by atoms with Gasteiger partial charge in [-0.3, -0.25) is 14.4 Å². The Kier molecular flexibility index (Phi) is 7.59. The summed E-state index contributed by atoms with van der Waals surface area (Å²) in [6, 6.07) is 9.21. The Labute approximate surface area is 199 Å². The van der Waals surface area contributed by atoms with E-state index in [1.54, 1.807) is 9.80 Å². The second-order valence-corrected chi connectivity index (χ2v) is 9.23. The number of amides is 3. The maximum absolute atomic E-state index is 12.8. The molecule has 1 aliphatic carbocycles. The molecular formula is C25H33N5O4. The standard InChI is InChI=1S/C25H33N5O4/c1-19(31)27-25(13-7-2-3-8-14-25)24-26-21(34-28-24)11-12-22(32)29-15-17-30(18-16-29)23(33)20-9-5-4-6-10-20/h4-6,9-10H,2-3,7-8,11-18H2,1H3,(H,27,31). The van der Waals surface area contributed by atoms with E-state index in [4.69, 9.17) is 4.52 Å². The van der Waals surface area contributed by atoms with E-state index < -0.39 is 5.54 Å². The number of piperazine rings is 1. The molecule has 2 aliphatic rings. The topological polar surface area (TPSA) is 109 Å². The summed E-state index contributed by atoms with van der Waals surface area (Å²) in [6.07, 6.45) is 6.46. The molecule has 0 radical (unpaired) electrons. The predicted molar refractivity (Wildman–Crippen MR) is 125 cm³/mol. The van der Waals surface area contributed by atoms with Crippen LogP contribution in [0.15, 0.2) is 34.9 Å². The summed E-state index contributed by atoms with van der Waals surface area (Å²) in [5.41, 5.74) is 0.0792. The van der Waals surface area contributed by atoms with Crippen LogP contribution >= 0.6 is 0 Å². The SMILES string of the molecule is CC(=O)NC1(c2noc(CCC(=O)N3CCN(C(=O)c4ccccc4)CC3)n2)CCCCCC1. The lowest BCUT2D eigenvalue weighted by atomic mass is 9.89. The van der Waals surface area contributed by atoms with Gasteiger partial charge >= 0.3 is 0 Å². The third-order valence-corrected chi connectivity index (χ3v) is 6.76. The molecule has 0 bridgehead atoms. The molecule has 2 aromatic rings. The van der Waals surface area contributed by atoms with Crippen LogP contribution in [0.1, 0.15) is 73.9 Å². The smallest absolute Gasteiger partial charge is 0.253 e. The minimum absolute atomic E-state index is 0.00213. The molecule has 1 saturated carbocycles. The minimum Gasteiger partial charge on any atom is -0.343 e. The fourth-order valence-corrected chi connectivity index (χ4v) is 4.92. The lowest BCUT2D eigenvalue weighted by molar-refractivity contribution is -0.132. The number of nitrogens with one attached hydrogen (secondary N) is 1. The molecule has 0 spiro atoms. The van der Waals surface area contributed by atoms with Crippen LogP contribution in [0, 0.1) is 0 Å². The summed E-state index contributed by atoms with van der Waals surface area (Å²) < 4.78 is 5.46. The first kappa shape index (κ1) is 23.9. The van der Waals surface area contributed by atoms with Gasteiger partial charge in [0.05, 0.1) is 0 Å². The zero-order chi connectivity index (χ0) is 24.0. The normalized spacial score (nSPS) is 18.3. The molecular weight excluding hydrogens is 434 g/mol. The number of aryl methyl sites for hydroxylation is 1. The Morgan fingerprint density at radius 1 is 0.971 bits per heavy atom. The Morgan fingerprint density at radius 3 is 2.26 bits per heavy atom. The van der Waals surface area contributed by atoms with Crippen LogP contribution in [0.2, 0.25) is 0 Å². The van der Waals surface area contributed by atoms with Crippen molar-refractivity contribution in [1.29, 1.82) is 0 Å². The number of rotatable bonds is 6. The van der Waals surface area contributed by atoms with Crippen molar-refractivity contribution in [3.63, 3.8) is 0 Å². The highest BCUT2D eigenvalue weighted by Crippen LogP contribution is 2.34. The first-order chi connectivity index (χ1) is 16.5. The molecule has 1 aliphatic heterocycles. The summed E-state index contributed by atoms with van der Waals surface area (Å²) in [7, 11) is 0. The van der Waals surface area contributed by atoms with Gasteiger partial charge in [0, 0.05) is 51.5 Å². The first-order valence-electron chi connectivity index (χ1n) is 12.2. The fourth-order valence-electron chi connectivity index (χ4n) is 4.92. The Hall–Kier alpha value is -3.23. The molecule has 9 heteroatoms. The molecule has 0 unspecified atom stereocenters. The number of nitrogens with zero attached hydrogens (tertiary/aromatic N) is 4. The molecule has 34 heavy (non-hydrogen) atoms. The molecule has 1 aromatic heterocycles. The third-order valence-electron chi connectivity index (χ3n) is 6.76. The predicted octanol–water partition coefficient (Wildman–Crippen LogP) is 2.67. The number of hydrogen-bond donors (Lipinski definition) is 1. The van der Waals surface area contributed by atoms with E-state index in [1.165, 1.54) is 6.92 Å². The quantitative estimate of drug-likeness (QED) is 0.655. The van der Waals surface area contributed by atoms with Gasteiger partial charge in [-0.1, -0.05) is 49.0 Å². The van der Waals surface area contributed by atoms with Gasteiger partial charge in [-0.15, -0.1) is 0 Å². The van der Waals surface area contributed by atoms with E-state index in [1.807, 2.05) is 30.3 Å². The largest absolute Gasteiger partial charge is 0.343 e. The van der Waals surface area contributed by atoms with Crippen molar-refractivity contribution in [2.45, 2.75) is 63.8 Å². The summed E-state index contributed by atoms with van der Waals surface area (Å²) in [5, 5.41) is 7.26. The van der Waals surface area contributed by atoms with E-state index in [9.17, 15) is 14.4 Å². The van der Waals surface area contributed by atoms with Gasteiger partial charge in [0.25, 0.3) is 5.91 Å². The van der Waals surface area contributed by atoms with Crippen LogP contribution < -0.4 is 5.32 Å². The third kappa shape index (κ3) is 5.63. The maximum atomic E-state index is 12.8. The van der Waals surface area contributed by atoms with Crippen molar-refractivity contribution in [3.8, 4) is 0 Å². The number of carbonyl (C=O) groups is 3. The zero-order valence-electron chi connectivity index (χ0n) is 19.8. The summed E-state index contributed by atoms with van der Waals surface area (Å²) in [5.74, 6) is 0.832. The van der Waals surface area contributed by atoms with Crippen molar-refractivity contribution >= 4 is 17.7 Å². The van der Waals surface area contributed by atoms with Crippen LogP contribution in [0.25, 0.3) is 0 Å². The zero-order valence-corrected chi connectivity index (χ0v) is 19.8. The first-order valence-corrected chi connectivity index (χ1v) is 12.2. The van der Waals surface area contributed by atoms with Gasteiger partial charge < -0.3 is 19.6 Å². The number of aromatic nitrogens is 2. The van der Waals surface area contributed by atoms with E-state index in [2.05, 4.69) is 15.5 Å². The molecule has 2 fully saturated rings. The number of hydrogen-bond acceptors (Lipinski definition) is 6. The summed E-state index contributed by atoms with van der Waals surface area (Å²) in [6.45, 7) is 3.57. The second-order valence-electron chi connectivity index (χ2n) is 9.23. The Bertz CT molecular complexity index is 990. The van der Waals surface area contributed by atoms with Crippen LogP contribution in [0.5, 0.6) is 0 Å². The van der Waals surface area contributed by atoms with Gasteiger partial charge in [0.2, 0.25) is 17.7 Å². The molecule has 2 heterocycles. The van der Waals surface area contributed by atoms with E-state index in [-0.39, 0.29) is 24.1 Å². The highest BCUT2D eigenvalue weighted by molar-refractivity contribution is 5.94. The molecule has 1 saturated heterocycles. The Balaban J connectivity index is 1.30. The van der Waals surface area contributed by atoms with Gasteiger partial charge in [-0.2, -0.15) is 4.98 Å². The Morgan fingerprint density at radius 2 is 1.62 bits per heavy atom. The highest BCUT2D eigenvalue weighted by Gasteiger charge is 2.38. The van der Waals surface area contributed by atoms with Crippen molar-refractivity contribution in [2.75, 3.05) is 26.2 Å². The van der Waals surface area contributed by atoms with E-state index in [0.717, 1.165) is 38.5 Å². The van der Waals surface area contributed by atoms with Crippen LogP contribution in [0.4, 0.5) is 0 Å². The number of carbonyl (C=O) groups excluding carboxylic acids is 3. The molecule has 9 nitrogen and oxygen atoms in total. The molecule has 182 valence electrons. The van der Waals surface area contributed by atoms with Gasteiger partial charge in [0.1, 0.15) is 5.54 Å². The average molecular weight is 468 g/mol. The van der Waals surface area contributed by atoms with Gasteiger partial charge in [-0.25, -0.2) is 0 Å². The van der Waals surface area contributed by atoms with Crippen molar-refractivity contribution in [2.24, 2.45) is 0 Å². The van der Waals surface area contributed by atoms with Gasteiger partial charge in [-0.05, 0) is 25.0 Å². The van der Waals surface area contributed by atoms with Crippen molar-refractivity contribution in [3.05, 3.63) is 47.6 Å². The molecule has 4 rings (SSSR count). The van der Waals surface area contributed by atoms with E-state index in [0.29, 0.717) is 49.9 Å². The summed E-state index contributed by atoms with van der Waals surface area (Å²) in [4.78, 5) is 45.4. The monoisotopic (exact) mass is 467 g/mol. The fraction of sp³-hybridized carbons (Fsp3) is 0.560. The highest BCUT2D eigenvalue weighted by atomic mass is 16.5. The lowest BCUT2D eigenvalue weighted by Gasteiger charge is -2.34. The maximum Gasteiger partial charge on any atom is 0.253 e. The second kappa shape index (κ2) is 10.8. The molecule has 1 aromatic carbocycles. The van der Waals surface area contributed by atoms with Gasteiger partial charge in [0.15, 0.2) is 5.82 Å². The van der Waals surface area contributed by atoms with E-state index >= 15 is 0 Å². The van der Waals surface area contributed by atoms with Crippen LogP contribution in [0.3, 0.4) is 0 Å². The van der Waals surface area contributed by atoms with Crippen LogP contribution in [-0.4, -0.2) is 63.8 Å². The summed E-state index contributed by atoms with van der Waals surface area (Å²) >= 11 is 0. The van der Waals surface area contributed by atoms with Crippen molar-refractivity contribution < 1.29 is 18.9 Å². The van der Waals surface area contributed by atoms with Crippen molar-refractivity contribution in [1.82, 2.24) is 25.3 Å². The molecule has 0 atom stereocenters. The average Bonchev–Trinajstić information content (AvgIpc) is 3.22. The number of benzene rings is 1. The molecule has 1 N–H and O–H groups in total. The molecule has 3 amide bonds.